The second-order valence-electron chi connectivity index (χ2n) is 9.40. The zero-order valence-electron chi connectivity index (χ0n) is 19.8. The zero-order chi connectivity index (χ0) is 24.0. The summed E-state index contributed by atoms with van der Waals surface area (Å²) < 4.78 is 5.97. The van der Waals surface area contributed by atoms with E-state index in [1.54, 1.807) is 15.9 Å². The standard InChI is InChI=1S/C27H29N3O4/c1-17-19-9-5-7-12-22(19)34-25(17)18(2)28-23(31)13-8-16-29-26(33)20-10-4-6-11-21(20)30-24(32)14-15-27(29,30)3/h4-7,9-12,18H,8,13-16H2,1-3H3,(H,28,31). The molecule has 1 saturated heterocycles. The second-order valence-corrected chi connectivity index (χ2v) is 9.40. The smallest absolute Gasteiger partial charge is 0.257 e. The summed E-state index contributed by atoms with van der Waals surface area (Å²) in [5.41, 5.74) is 2.36. The first kappa shape index (κ1) is 22.2. The maximum absolute atomic E-state index is 13.3. The normalized spacial score (nSPS) is 20.4. The minimum absolute atomic E-state index is 0.0280. The van der Waals surface area contributed by atoms with E-state index in [9.17, 15) is 14.4 Å². The van der Waals surface area contributed by atoms with E-state index >= 15 is 0 Å². The van der Waals surface area contributed by atoms with Crippen LogP contribution in [0.1, 0.15) is 67.3 Å². The van der Waals surface area contributed by atoms with E-state index in [-0.39, 0.29) is 30.2 Å². The van der Waals surface area contributed by atoms with Crippen molar-refractivity contribution in [3.63, 3.8) is 0 Å². The highest BCUT2D eigenvalue weighted by Gasteiger charge is 2.52. The maximum Gasteiger partial charge on any atom is 0.257 e. The van der Waals surface area contributed by atoms with Crippen molar-refractivity contribution in [1.29, 1.82) is 0 Å². The topological polar surface area (TPSA) is 82.9 Å². The minimum Gasteiger partial charge on any atom is -0.459 e. The monoisotopic (exact) mass is 459 g/mol. The lowest BCUT2D eigenvalue weighted by Crippen LogP contribution is -2.62. The Morgan fingerprint density at radius 1 is 1.15 bits per heavy atom. The maximum atomic E-state index is 13.3. The number of fused-ring (bicyclic) bond motifs is 4. The van der Waals surface area contributed by atoms with E-state index in [0.717, 1.165) is 22.3 Å². The molecule has 34 heavy (non-hydrogen) atoms. The average molecular weight is 460 g/mol. The molecule has 176 valence electrons. The quantitative estimate of drug-likeness (QED) is 0.579. The van der Waals surface area contributed by atoms with E-state index in [4.69, 9.17) is 4.42 Å². The van der Waals surface area contributed by atoms with Gasteiger partial charge >= 0.3 is 0 Å². The van der Waals surface area contributed by atoms with Crippen LogP contribution in [0.15, 0.2) is 52.9 Å². The number of para-hydroxylation sites is 2. The number of benzene rings is 2. The van der Waals surface area contributed by atoms with Gasteiger partial charge in [0.25, 0.3) is 5.91 Å². The van der Waals surface area contributed by atoms with E-state index < -0.39 is 5.66 Å². The first-order valence-electron chi connectivity index (χ1n) is 11.8. The molecule has 1 fully saturated rings. The third kappa shape index (κ3) is 3.47. The molecule has 2 aliphatic heterocycles. The molecule has 2 aliphatic rings. The molecule has 0 spiro atoms. The summed E-state index contributed by atoms with van der Waals surface area (Å²) in [5.74, 6) is 0.600. The van der Waals surface area contributed by atoms with Crippen molar-refractivity contribution >= 4 is 34.4 Å². The molecule has 3 aromatic rings. The van der Waals surface area contributed by atoms with Crippen LogP contribution < -0.4 is 10.2 Å². The largest absolute Gasteiger partial charge is 0.459 e. The van der Waals surface area contributed by atoms with Crippen LogP contribution in [-0.4, -0.2) is 34.8 Å². The first-order valence-corrected chi connectivity index (χ1v) is 11.8. The molecule has 1 aromatic heterocycles. The van der Waals surface area contributed by atoms with E-state index in [0.29, 0.717) is 37.1 Å². The Morgan fingerprint density at radius 3 is 2.68 bits per heavy atom. The van der Waals surface area contributed by atoms with Crippen LogP contribution in [0.2, 0.25) is 0 Å². The van der Waals surface area contributed by atoms with E-state index in [1.165, 1.54) is 0 Å². The number of hydrogen-bond acceptors (Lipinski definition) is 4. The number of amides is 3. The predicted molar refractivity (Wildman–Crippen MR) is 129 cm³/mol. The molecule has 5 rings (SSSR count). The van der Waals surface area contributed by atoms with Crippen LogP contribution in [0.4, 0.5) is 5.69 Å². The highest BCUT2D eigenvalue weighted by molar-refractivity contribution is 6.10. The number of carbonyl (C=O) groups excluding carboxylic acids is 3. The Balaban J connectivity index is 1.25. The molecule has 0 aliphatic carbocycles. The summed E-state index contributed by atoms with van der Waals surface area (Å²) in [6.45, 7) is 6.26. The Kier molecular flexibility index (Phi) is 5.42. The van der Waals surface area contributed by atoms with Crippen LogP contribution in [0.3, 0.4) is 0 Å². The SMILES string of the molecule is Cc1c(C(C)NC(=O)CCCN2C(=O)c3ccccc3N3C(=O)CCC23C)oc2ccccc12. The Morgan fingerprint density at radius 2 is 1.88 bits per heavy atom. The third-order valence-electron chi connectivity index (χ3n) is 7.18. The number of aryl methyl sites for hydroxylation is 1. The van der Waals surface area contributed by atoms with Gasteiger partial charge in [-0.05, 0) is 51.8 Å². The van der Waals surface area contributed by atoms with Crippen molar-refractivity contribution in [2.24, 2.45) is 0 Å². The molecule has 3 amide bonds. The summed E-state index contributed by atoms with van der Waals surface area (Å²) in [7, 11) is 0. The van der Waals surface area contributed by atoms with Crippen molar-refractivity contribution in [3.05, 3.63) is 65.4 Å². The van der Waals surface area contributed by atoms with Gasteiger partial charge in [0.1, 0.15) is 17.0 Å². The molecule has 0 radical (unpaired) electrons. The molecule has 2 aromatic carbocycles. The molecular weight excluding hydrogens is 430 g/mol. The summed E-state index contributed by atoms with van der Waals surface area (Å²) in [4.78, 5) is 42.2. The van der Waals surface area contributed by atoms with Gasteiger partial charge < -0.3 is 14.6 Å². The molecule has 1 N–H and O–H groups in total. The van der Waals surface area contributed by atoms with Gasteiger partial charge in [0.15, 0.2) is 0 Å². The van der Waals surface area contributed by atoms with Gasteiger partial charge in [0, 0.05) is 30.3 Å². The molecular formula is C27H29N3O4. The van der Waals surface area contributed by atoms with Crippen molar-refractivity contribution in [2.45, 2.75) is 58.2 Å². The summed E-state index contributed by atoms with van der Waals surface area (Å²) in [6, 6.07) is 14.8. The molecule has 7 nitrogen and oxygen atoms in total. The van der Waals surface area contributed by atoms with Gasteiger partial charge in [-0.3, -0.25) is 19.3 Å². The van der Waals surface area contributed by atoms with Gasteiger partial charge in [0.05, 0.1) is 17.3 Å². The number of hydrogen-bond donors (Lipinski definition) is 1. The number of anilines is 1. The fourth-order valence-corrected chi connectivity index (χ4v) is 5.42. The fraction of sp³-hybridized carbons (Fsp3) is 0.370. The predicted octanol–water partition coefficient (Wildman–Crippen LogP) is 4.70. The van der Waals surface area contributed by atoms with Crippen molar-refractivity contribution in [2.75, 3.05) is 11.4 Å². The van der Waals surface area contributed by atoms with Crippen molar-refractivity contribution < 1.29 is 18.8 Å². The summed E-state index contributed by atoms with van der Waals surface area (Å²) in [5, 5.41) is 4.07. The number of rotatable bonds is 6. The Labute approximate surface area is 198 Å². The van der Waals surface area contributed by atoms with Gasteiger partial charge in [-0.1, -0.05) is 30.3 Å². The van der Waals surface area contributed by atoms with E-state index in [2.05, 4.69) is 5.32 Å². The van der Waals surface area contributed by atoms with E-state index in [1.807, 2.05) is 63.2 Å². The molecule has 2 atom stereocenters. The highest BCUT2D eigenvalue weighted by atomic mass is 16.3. The Bertz CT molecular complexity index is 1300. The third-order valence-corrected chi connectivity index (χ3v) is 7.18. The van der Waals surface area contributed by atoms with Crippen LogP contribution >= 0.6 is 0 Å². The van der Waals surface area contributed by atoms with Crippen LogP contribution in [0.5, 0.6) is 0 Å². The van der Waals surface area contributed by atoms with Crippen LogP contribution in [0, 0.1) is 6.92 Å². The molecule has 2 unspecified atom stereocenters. The number of carbonyl (C=O) groups is 3. The Hall–Kier alpha value is -3.61. The van der Waals surface area contributed by atoms with Crippen molar-refractivity contribution in [1.82, 2.24) is 10.2 Å². The van der Waals surface area contributed by atoms with Gasteiger partial charge in [-0.15, -0.1) is 0 Å². The van der Waals surface area contributed by atoms with Crippen LogP contribution in [-0.2, 0) is 9.59 Å². The number of furan rings is 1. The zero-order valence-corrected chi connectivity index (χ0v) is 19.8. The van der Waals surface area contributed by atoms with Gasteiger partial charge in [-0.2, -0.15) is 0 Å². The fourth-order valence-electron chi connectivity index (χ4n) is 5.42. The van der Waals surface area contributed by atoms with Gasteiger partial charge in [-0.25, -0.2) is 0 Å². The molecule has 3 heterocycles. The van der Waals surface area contributed by atoms with Gasteiger partial charge in [0.2, 0.25) is 11.8 Å². The van der Waals surface area contributed by atoms with Crippen molar-refractivity contribution in [3.8, 4) is 0 Å². The van der Waals surface area contributed by atoms with Crippen LogP contribution in [0.25, 0.3) is 11.0 Å². The first-order chi connectivity index (χ1) is 16.3. The second kappa shape index (κ2) is 8.31. The lowest BCUT2D eigenvalue weighted by molar-refractivity contribution is -0.122. The lowest BCUT2D eigenvalue weighted by atomic mass is 9.98. The highest BCUT2D eigenvalue weighted by Crippen LogP contribution is 2.44. The average Bonchev–Trinajstić information content (AvgIpc) is 3.33. The summed E-state index contributed by atoms with van der Waals surface area (Å²) in [6.07, 6.45) is 1.77. The molecule has 0 bridgehead atoms. The number of nitrogens with zero attached hydrogens (tertiary/aromatic N) is 2. The lowest BCUT2D eigenvalue weighted by Gasteiger charge is -2.48. The number of nitrogens with one attached hydrogen (secondary N) is 1. The minimum atomic E-state index is -0.697. The molecule has 0 saturated carbocycles. The summed E-state index contributed by atoms with van der Waals surface area (Å²) >= 11 is 0. The molecule has 7 heteroatoms.